The summed E-state index contributed by atoms with van der Waals surface area (Å²) in [6.45, 7) is 11.5. The van der Waals surface area contributed by atoms with Gasteiger partial charge in [-0.25, -0.2) is 4.79 Å². The fraction of sp³-hybridized carbons (Fsp3) is 0.500. The molecule has 9 nitrogen and oxygen atoms in total. The first kappa shape index (κ1) is 33.3. The fourth-order valence-corrected chi connectivity index (χ4v) is 4.33. The Bertz CT molecular complexity index is 1130. The number of alkyl carbamates (subject to hydrolysis) is 1. The predicted octanol–water partition coefficient (Wildman–Crippen LogP) is 4.73. The maximum Gasteiger partial charge on any atom is 0.408 e. The molecule has 2 rings (SSSR count). The molecule has 0 aliphatic rings. The van der Waals surface area contributed by atoms with Crippen molar-refractivity contribution in [2.75, 3.05) is 19.7 Å². The number of hydrogen-bond acceptors (Lipinski definition) is 6. The molecular weight excluding hydrogens is 522 g/mol. The maximum absolute atomic E-state index is 14.2. The van der Waals surface area contributed by atoms with Crippen molar-refractivity contribution in [3.8, 4) is 0 Å². The van der Waals surface area contributed by atoms with Crippen molar-refractivity contribution < 1.29 is 28.7 Å². The molecule has 0 fully saturated rings. The van der Waals surface area contributed by atoms with Crippen LogP contribution >= 0.6 is 0 Å². The molecule has 0 spiro atoms. The number of benzene rings is 2. The molecule has 41 heavy (non-hydrogen) atoms. The predicted molar refractivity (Wildman–Crippen MR) is 158 cm³/mol. The molecule has 0 aliphatic heterocycles. The summed E-state index contributed by atoms with van der Waals surface area (Å²) in [7, 11) is 0. The van der Waals surface area contributed by atoms with Crippen molar-refractivity contribution in [1.29, 1.82) is 0 Å². The zero-order valence-corrected chi connectivity index (χ0v) is 25.2. The molecule has 2 unspecified atom stereocenters. The summed E-state index contributed by atoms with van der Waals surface area (Å²) in [5.41, 5.74) is 1.82. The van der Waals surface area contributed by atoms with Gasteiger partial charge in [0.2, 0.25) is 11.8 Å². The number of aryl methyl sites for hydroxylation is 1. The fourth-order valence-electron chi connectivity index (χ4n) is 4.33. The number of carbonyl (C=O) groups excluding carboxylic acids is 4. The molecule has 2 N–H and O–H groups in total. The highest BCUT2D eigenvalue weighted by atomic mass is 16.6. The van der Waals surface area contributed by atoms with Crippen LogP contribution in [0.3, 0.4) is 0 Å². The van der Waals surface area contributed by atoms with Gasteiger partial charge in [-0.1, -0.05) is 68.4 Å². The van der Waals surface area contributed by atoms with Crippen LogP contribution in [0.15, 0.2) is 54.6 Å². The van der Waals surface area contributed by atoms with Crippen molar-refractivity contribution in [1.82, 2.24) is 15.5 Å². The van der Waals surface area contributed by atoms with Crippen molar-refractivity contribution >= 4 is 23.9 Å². The van der Waals surface area contributed by atoms with E-state index in [0.29, 0.717) is 12.0 Å². The Hall–Kier alpha value is -3.88. The van der Waals surface area contributed by atoms with Gasteiger partial charge in [-0.2, -0.15) is 0 Å². The van der Waals surface area contributed by atoms with E-state index in [1.54, 1.807) is 27.7 Å². The van der Waals surface area contributed by atoms with Gasteiger partial charge in [-0.3, -0.25) is 14.4 Å². The lowest BCUT2D eigenvalue weighted by molar-refractivity contribution is -0.144. The lowest BCUT2D eigenvalue weighted by atomic mass is 9.98. The topological polar surface area (TPSA) is 114 Å². The lowest BCUT2D eigenvalue weighted by Gasteiger charge is -2.34. The first-order chi connectivity index (χ1) is 19.5. The van der Waals surface area contributed by atoms with E-state index in [-0.39, 0.29) is 32.5 Å². The highest BCUT2D eigenvalue weighted by molar-refractivity contribution is 5.92. The number of amides is 3. The van der Waals surface area contributed by atoms with Crippen LogP contribution in [0, 0.1) is 0 Å². The van der Waals surface area contributed by atoms with Gasteiger partial charge in [0.25, 0.3) is 0 Å². The normalized spacial score (nSPS) is 12.5. The molecule has 0 heterocycles. The van der Waals surface area contributed by atoms with Gasteiger partial charge in [0, 0.05) is 19.5 Å². The molecule has 2 atom stereocenters. The van der Waals surface area contributed by atoms with E-state index in [4.69, 9.17) is 9.47 Å². The molecule has 3 amide bonds. The summed E-state index contributed by atoms with van der Waals surface area (Å²) >= 11 is 0. The van der Waals surface area contributed by atoms with Crippen LogP contribution in [0.4, 0.5) is 4.79 Å². The standard InChI is InChI=1S/C32H45N3O6/c1-7-21-35(30(38)26(22-24-13-11-10-12-14-24)34-31(39)41-32(4,5)6)28(25-17-15-23(8-2)16-18-25)29(37)33-20-19-27(36)40-9-3/h10-18,26,28H,7-9,19-22H2,1-6H3,(H,33,37)(H,34,39). The summed E-state index contributed by atoms with van der Waals surface area (Å²) in [6, 6.07) is 15.0. The molecular formula is C32H45N3O6. The molecule has 0 radical (unpaired) electrons. The Morgan fingerprint density at radius 2 is 1.56 bits per heavy atom. The van der Waals surface area contributed by atoms with E-state index < -0.39 is 41.6 Å². The van der Waals surface area contributed by atoms with Crippen LogP contribution in [0.2, 0.25) is 0 Å². The summed E-state index contributed by atoms with van der Waals surface area (Å²) in [5.74, 6) is -1.25. The summed E-state index contributed by atoms with van der Waals surface area (Å²) < 4.78 is 10.4. The Kier molecular flexibility index (Phi) is 13.3. The maximum atomic E-state index is 14.2. The van der Waals surface area contributed by atoms with E-state index in [0.717, 1.165) is 17.5 Å². The Morgan fingerprint density at radius 1 is 0.902 bits per heavy atom. The Morgan fingerprint density at radius 3 is 2.12 bits per heavy atom. The number of nitrogens with zero attached hydrogens (tertiary/aromatic N) is 1. The van der Waals surface area contributed by atoms with Crippen molar-refractivity contribution in [2.24, 2.45) is 0 Å². The van der Waals surface area contributed by atoms with E-state index in [1.165, 1.54) is 4.90 Å². The molecule has 0 bridgehead atoms. The van der Waals surface area contributed by atoms with E-state index in [2.05, 4.69) is 10.6 Å². The van der Waals surface area contributed by atoms with Crippen LogP contribution in [0.5, 0.6) is 0 Å². The number of esters is 1. The number of ether oxygens (including phenoxy) is 2. The van der Waals surface area contributed by atoms with Gasteiger partial charge in [-0.05, 0) is 57.2 Å². The second kappa shape index (κ2) is 16.4. The van der Waals surface area contributed by atoms with E-state index >= 15 is 0 Å². The van der Waals surface area contributed by atoms with Gasteiger partial charge in [0.05, 0.1) is 13.0 Å². The summed E-state index contributed by atoms with van der Waals surface area (Å²) in [4.78, 5) is 54.1. The minimum atomic E-state index is -0.983. The number of nitrogens with one attached hydrogen (secondary N) is 2. The highest BCUT2D eigenvalue weighted by Gasteiger charge is 2.36. The SMILES string of the molecule is CCCN(C(=O)C(Cc1ccccc1)NC(=O)OC(C)(C)C)C(C(=O)NCCC(=O)OCC)c1ccc(CC)cc1. The minimum Gasteiger partial charge on any atom is -0.466 e. The number of rotatable bonds is 14. The van der Waals surface area contributed by atoms with Crippen LogP contribution in [0.25, 0.3) is 0 Å². The molecule has 2 aromatic rings. The first-order valence-corrected chi connectivity index (χ1v) is 14.3. The number of hydrogen-bond donors (Lipinski definition) is 2. The second-order valence-corrected chi connectivity index (χ2v) is 10.8. The summed E-state index contributed by atoms with van der Waals surface area (Å²) in [5, 5.41) is 5.56. The molecule has 0 aromatic heterocycles. The molecule has 9 heteroatoms. The third-order valence-electron chi connectivity index (χ3n) is 6.22. The Balaban J connectivity index is 2.45. The van der Waals surface area contributed by atoms with Crippen molar-refractivity contribution in [2.45, 2.75) is 84.9 Å². The molecule has 0 saturated heterocycles. The quantitative estimate of drug-likeness (QED) is 0.319. The van der Waals surface area contributed by atoms with Gasteiger partial charge < -0.3 is 25.0 Å². The Labute approximate surface area is 244 Å². The van der Waals surface area contributed by atoms with Crippen molar-refractivity contribution in [3.05, 3.63) is 71.3 Å². The number of carbonyl (C=O) groups is 4. The van der Waals surface area contributed by atoms with Crippen LogP contribution < -0.4 is 10.6 Å². The third-order valence-corrected chi connectivity index (χ3v) is 6.22. The largest absolute Gasteiger partial charge is 0.466 e. The van der Waals surface area contributed by atoms with Crippen molar-refractivity contribution in [3.63, 3.8) is 0 Å². The molecule has 0 aliphatic carbocycles. The first-order valence-electron chi connectivity index (χ1n) is 14.3. The molecule has 224 valence electrons. The lowest BCUT2D eigenvalue weighted by Crippen LogP contribution is -2.54. The van der Waals surface area contributed by atoms with Gasteiger partial charge in [0.15, 0.2) is 0 Å². The van der Waals surface area contributed by atoms with Gasteiger partial charge in [-0.15, -0.1) is 0 Å². The van der Waals surface area contributed by atoms with E-state index in [9.17, 15) is 19.2 Å². The zero-order valence-electron chi connectivity index (χ0n) is 25.2. The van der Waals surface area contributed by atoms with Gasteiger partial charge >= 0.3 is 12.1 Å². The molecule has 0 saturated carbocycles. The second-order valence-electron chi connectivity index (χ2n) is 10.8. The minimum absolute atomic E-state index is 0.0135. The summed E-state index contributed by atoms with van der Waals surface area (Å²) in [6.07, 6.45) is 0.916. The average Bonchev–Trinajstić information content (AvgIpc) is 2.92. The smallest absolute Gasteiger partial charge is 0.408 e. The third kappa shape index (κ3) is 11.3. The monoisotopic (exact) mass is 567 g/mol. The van der Waals surface area contributed by atoms with Crippen LogP contribution in [-0.2, 0) is 36.7 Å². The van der Waals surface area contributed by atoms with Gasteiger partial charge in [0.1, 0.15) is 17.7 Å². The molecule has 2 aromatic carbocycles. The van der Waals surface area contributed by atoms with Crippen LogP contribution in [-0.4, -0.2) is 60.1 Å². The highest BCUT2D eigenvalue weighted by Crippen LogP contribution is 2.24. The zero-order chi connectivity index (χ0) is 30.4. The average molecular weight is 568 g/mol. The van der Waals surface area contributed by atoms with E-state index in [1.807, 2.05) is 68.4 Å². The van der Waals surface area contributed by atoms with Crippen LogP contribution in [0.1, 0.15) is 77.1 Å².